The molecular weight excluding hydrogens is 364 g/mol. The molecule has 2 atom stereocenters. The van der Waals surface area contributed by atoms with Crippen LogP contribution in [0.15, 0.2) is 42.0 Å². The minimum Gasteiger partial charge on any atom is -0.426 e. The van der Waals surface area contributed by atoms with Crippen LogP contribution in [0.2, 0.25) is 5.02 Å². The van der Waals surface area contributed by atoms with Gasteiger partial charge in [-0.2, -0.15) is 0 Å². The number of carbonyl (C=O) groups is 2. The molecule has 0 radical (unpaired) electrons. The molecule has 27 heavy (non-hydrogen) atoms. The van der Waals surface area contributed by atoms with Crippen LogP contribution in [-0.2, 0) is 9.59 Å². The highest BCUT2D eigenvalue weighted by Gasteiger charge is 2.43. The van der Waals surface area contributed by atoms with Crippen LogP contribution >= 0.6 is 11.6 Å². The maximum atomic E-state index is 12.3. The number of ether oxygens (including phenoxy) is 2. The second-order valence-electron chi connectivity index (χ2n) is 7.24. The number of benzene rings is 2. The van der Waals surface area contributed by atoms with E-state index in [1.54, 1.807) is 25.1 Å². The predicted octanol–water partition coefficient (Wildman–Crippen LogP) is 5.43. The van der Waals surface area contributed by atoms with E-state index in [1.807, 2.05) is 0 Å². The normalized spacial score (nSPS) is 19.6. The average molecular weight is 383 g/mol. The smallest absolute Gasteiger partial charge is 0.338 e. The average Bonchev–Trinajstić information content (AvgIpc) is 3.14. The lowest BCUT2D eigenvalue weighted by atomic mass is 9.87. The summed E-state index contributed by atoms with van der Waals surface area (Å²) < 4.78 is 11.4. The van der Waals surface area contributed by atoms with Gasteiger partial charge in [-0.05, 0) is 38.5 Å². The third-order valence-corrected chi connectivity index (χ3v) is 5.50. The van der Waals surface area contributed by atoms with Crippen molar-refractivity contribution in [3.63, 3.8) is 0 Å². The minimum atomic E-state index is -0.474. The number of esters is 2. The molecule has 4 rings (SSSR count). The molecular formula is C22H19ClO4. The Bertz CT molecular complexity index is 1060. The monoisotopic (exact) mass is 382 g/mol. The van der Waals surface area contributed by atoms with Crippen LogP contribution in [0, 0.1) is 0 Å². The summed E-state index contributed by atoms with van der Waals surface area (Å²) in [5, 5.41) is 1.88. The zero-order valence-electron chi connectivity index (χ0n) is 15.4. The number of carbonyl (C=O) groups excluding carboxylic acids is 2. The fourth-order valence-corrected chi connectivity index (χ4v) is 4.35. The van der Waals surface area contributed by atoms with Crippen molar-refractivity contribution in [3.8, 4) is 11.5 Å². The second kappa shape index (κ2) is 6.24. The summed E-state index contributed by atoms with van der Waals surface area (Å²) in [5.41, 5.74) is 3.41. The zero-order valence-corrected chi connectivity index (χ0v) is 16.1. The molecule has 0 saturated carbocycles. The van der Waals surface area contributed by atoms with Gasteiger partial charge in [0.15, 0.2) is 0 Å². The summed E-state index contributed by atoms with van der Waals surface area (Å²) in [5.74, 6) is 0.436. The first-order valence-corrected chi connectivity index (χ1v) is 9.19. The van der Waals surface area contributed by atoms with Crippen molar-refractivity contribution in [2.24, 2.45) is 0 Å². The van der Waals surface area contributed by atoms with Crippen molar-refractivity contribution in [2.45, 2.75) is 39.0 Å². The standard InChI is InChI=1S/C22H19ClO4/c1-10(2)22(25)27-20-15-6-5-14(23)9-17(15)21(26-12(4)24)18-13-7-11(3)16(8-13)19(18)20/h5-7,9,13,16H,1,8H2,2-4H3. The van der Waals surface area contributed by atoms with Gasteiger partial charge >= 0.3 is 11.9 Å². The van der Waals surface area contributed by atoms with Gasteiger partial charge in [-0.15, -0.1) is 0 Å². The Hall–Kier alpha value is -2.59. The number of halogens is 1. The number of fused-ring (bicyclic) bond motifs is 6. The molecule has 138 valence electrons. The first-order chi connectivity index (χ1) is 12.8. The molecule has 2 aliphatic carbocycles. The van der Waals surface area contributed by atoms with Crippen LogP contribution in [-0.4, -0.2) is 11.9 Å². The summed E-state index contributed by atoms with van der Waals surface area (Å²) in [6.45, 7) is 8.76. The lowest BCUT2D eigenvalue weighted by Gasteiger charge is -2.23. The lowest BCUT2D eigenvalue weighted by Crippen LogP contribution is -2.14. The molecule has 2 aromatic carbocycles. The van der Waals surface area contributed by atoms with E-state index in [0.717, 1.165) is 17.5 Å². The molecule has 2 aliphatic rings. The highest BCUT2D eigenvalue weighted by Crippen LogP contribution is 2.60. The molecule has 0 fully saturated rings. The van der Waals surface area contributed by atoms with Crippen molar-refractivity contribution in [1.29, 1.82) is 0 Å². The molecule has 4 nitrogen and oxygen atoms in total. The molecule has 5 heteroatoms. The Kier molecular flexibility index (Phi) is 4.11. The van der Waals surface area contributed by atoms with Gasteiger partial charge in [-0.1, -0.05) is 29.8 Å². The van der Waals surface area contributed by atoms with E-state index < -0.39 is 11.9 Å². The Morgan fingerprint density at radius 3 is 2.48 bits per heavy atom. The molecule has 0 N–H and O–H groups in total. The second-order valence-corrected chi connectivity index (χ2v) is 7.68. The molecule has 2 unspecified atom stereocenters. The van der Waals surface area contributed by atoms with Crippen molar-refractivity contribution >= 4 is 34.3 Å². The maximum absolute atomic E-state index is 12.3. The quantitative estimate of drug-likeness (QED) is 0.307. The van der Waals surface area contributed by atoms with E-state index in [0.29, 0.717) is 32.9 Å². The van der Waals surface area contributed by atoms with Crippen molar-refractivity contribution in [1.82, 2.24) is 0 Å². The molecule has 2 aromatic rings. The van der Waals surface area contributed by atoms with Gasteiger partial charge in [0.1, 0.15) is 11.5 Å². The molecule has 0 heterocycles. The van der Waals surface area contributed by atoms with E-state index in [2.05, 4.69) is 19.6 Å². The van der Waals surface area contributed by atoms with Crippen molar-refractivity contribution < 1.29 is 19.1 Å². The Morgan fingerprint density at radius 1 is 1.11 bits per heavy atom. The third kappa shape index (κ3) is 2.76. The van der Waals surface area contributed by atoms with Crippen LogP contribution < -0.4 is 9.47 Å². The van der Waals surface area contributed by atoms with Crippen LogP contribution in [0.4, 0.5) is 0 Å². The molecule has 0 spiro atoms. The van der Waals surface area contributed by atoms with Gasteiger partial charge in [0.05, 0.1) is 0 Å². The molecule has 2 bridgehead atoms. The number of rotatable bonds is 3. The summed E-state index contributed by atoms with van der Waals surface area (Å²) in [6, 6.07) is 5.29. The van der Waals surface area contributed by atoms with E-state index in [4.69, 9.17) is 21.1 Å². The van der Waals surface area contributed by atoms with Gasteiger partial charge in [0, 0.05) is 51.3 Å². The Balaban J connectivity index is 2.07. The third-order valence-electron chi connectivity index (χ3n) is 5.26. The molecule has 0 saturated heterocycles. The predicted molar refractivity (Wildman–Crippen MR) is 105 cm³/mol. The lowest BCUT2D eigenvalue weighted by molar-refractivity contribution is -0.132. The number of hydrogen-bond donors (Lipinski definition) is 0. The minimum absolute atomic E-state index is 0.130. The highest BCUT2D eigenvalue weighted by atomic mass is 35.5. The van der Waals surface area contributed by atoms with Gasteiger partial charge in [-0.25, -0.2) is 4.79 Å². The van der Waals surface area contributed by atoms with E-state index >= 15 is 0 Å². The maximum Gasteiger partial charge on any atom is 0.338 e. The Morgan fingerprint density at radius 2 is 1.81 bits per heavy atom. The van der Waals surface area contributed by atoms with Gasteiger partial charge in [0.25, 0.3) is 0 Å². The van der Waals surface area contributed by atoms with Crippen LogP contribution in [0.3, 0.4) is 0 Å². The van der Waals surface area contributed by atoms with E-state index in [-0.39, 0.29) is 11.8 Å². The van der Waals surface area contributed by atoms with Crippen molar-refractivity contribution in [3.05, 3.63) is 58.1 Å². The van der Waals surface area contributed by atoms with E-state index in [9.17, 15) is 9.59 Å². The van der Waals surface area contributed by atoms with E-state index in [1.165, 1.54) is 12.5 Å². The van der Waals surface area contributed by atoms with Gasteiger partial charge in [0.2, 0.25) is 0 Å². The molecule has 0 aliphatic heterocycles. The fraction of sp³-hybridized carbons (Fsp3) is 0.273. The van der Waals surface area contributed by atoms with Gasteiger partial charge in [-0.3, -0.25) is 4.79 Å². The number of hydrogen-bond acceptors (Lipinski definition) is 4. The van der Waals surface area contributed by atoms with Crippen LogP contribution in [0.1, 0.15) is 50.2 Å². The molecule has 0 aromatic heterocycles. The summed E-state index contributed by atoms with van der Waals surface area (Å²) >= 11 is 6.21. The highest BCUT2D eigenvalue weighted by molar-refractivity contribution is 6.31. The SMILES string of the molecule is C=C(C)C(=O)Oc1c2c(c(OC(C)=O)c3cc(Cl)ccc13)C1C=C(C)C2C1. The Labute approximate surface area is 162 Å². The first-order valence-electron chi connectivity index (χ1n) is 8.81. The van der Waals surface area contributed by atoms with Crippen molar-refractivity contribution in [2.75, 3.05) is 0 Å². The van der Waals surface area contributed by atoms with Gasteiger partial charge < -0.3 is 9.47 Å². The zero-order chi connectivity index (χ0) is 19.5. The summed E-state index contributed by atoms with van der Waals surface area (Å²) in [6.07, 6.45) is 3.08. The topological polar surface area (TPSA) is 52.6 Å². The molecule has 0 amide bonds. The largest absolute Gasteiger partial charge is 0.426 e. The summed E-state index contributed by atoms with van der Waals surface area (Å²) in [7, 11) is 0. The van der Waals surface area contributed by atoms with Crippen LogP contribution in [0.25, 0.3) is 10.8 Å². The van der Waals surface area contributed by atoms with Crippen LogP contribution in [0.5, 0.6) is 11.5 Å². The fourth-order valence-electron chi connectivity index (χ4n) is 4.18. The summed E-state index contributed by atoms with van der Waals surface area (Å²) in [4.78, 5) is 24.1. The number of allylic oxidation sites excluding steroid dienone is 2. The first kappa shape index (κ1) is 17.8.